The first-order valence-corrected chi connectivity index (χ1v) is 2.92. The maximum atomic E-state index is 12.0. The van der Waals surface area contributed by atoms with Crippen molar-refractivity contribution in [2.24, 2.45) is 0 Å². The molecular weight excluding hydrogens is 206 g/mol. The number of halogens is 6. The smallest absolute Gasteiger partial charge is 0.395 e. The molecule has 2 nitrogen and oxygen atoms in total. The van der Waals surface area contributed by atoms with Gasteiger partial charge < -0.3 is 4.74 Å². The Hall–Kier alpha value is -0.950. The summed E-state index contributed by atoms with van der Waals surface area (Å²) in [6.45, 7) is 0. The minimum Gasteiger partial charge on any atom is -0.427 e. The molecule has 0 spiro atoms. The summed E-state index contributed by atoms with van der Waals surface area (Å²) >= 11 is 0. The van der Waals surface area contributed by atoms with E-state index in [1.807, 2.05) is 0 Å². The lowest BCUT2D eigenvalue weighted by atomic mass is 10.4. The number of rotatable bonds is 3. The molecule has 78 valence electrons. The van der Waals surface area contributed by atoms with Crippen LogP contribution in [-0.4, -0.2) is 24.9 Å². The molecule has 0 saturated carbocycles. The number of alkyl halides is 6. The van der Waals surface area contributed by atoms with Gasteiger partial charge in [-0.1, -0.05) is 0 Å². The summed E-state index contributed by atoms with van der Waals surface area (Å²) in [7, 11) is 0. The molecule has 8 heteroatoms. The van der Waals surface area contributed by atoms with E-state index in [4.69, 9.17) is 0 Å². The van der Waals surface area contributed by atoms with Crippen LogP contribution in [0.4, 0.5) is 26.3 Å². The molecule has 0 aliphatic heterocycles. The Kier molecular flexibility index (Phi) is 4.02. The number of esters is 1. The van der Waals surface area contributed by atoms with E-state index in [1.165, 1.54) is 0 Å². The predicted octanol–water partition coefficient (Wildman–Crippen LogP) is 2.04. The fourth-order valence-corrected chi connectivity index (χ4v) is 0.401. The van der Waals surface area contributed by atoms with E-state index >= 15 is 0 Å². The summed E-state index contributed by atoms with van der Waals surface area (Å²) in [5.41, 5.74) is 0. The summed E-state index contributed by atoms with van der Waals surface area (Å²) in [5, 5.41) is 0. The Morgan fingerprint density at radius 1 is 1.23 bits per heavy atom. The largest absolute Gasteiger partial charge is 0.427 e. The molecule has 0 bridgehead atoms. The van der Waals surface area contributed by atoms with Gasteiger partial charge in [-0.15, -0.1) is 0 Å². The minimum absolute atomic E-state index is 2.09. The fraction of sp³-hybridized carbons (Fsp3) is 0.800. The van der Waals surface area contributed by atoms with Crippen LogP contribution in [0.2, 0.25) is 0 Å². The summed E-state index contributed by atoms with van der Waals surface area (Å²) in [6.07, 6.45) is -13.7. The first-order valence-electron chi connectivity index (χ1n) is 2.92. The molecule has 0 heterocycles. The molecule has 1 unspecified atom stereocenters. The van der Waals surface area contributed by atoms with E-state index in [9.17, 15) is 31.1 Å². The van der Waals surface area contributed by atoms with Crippen molar-refractivity contribution in [1.82, 2.24) is 0 Å². The Morgan fingerprint density at radius 2 is 1.69 bits per heavy atom. The third-order valence-corrected chi connectivity index (χ3v) is 0.814. The van der Waals surface area contributed by atoms with E-state index in [0.717, 1.165) is 0 Å². The Labute approximate surface area is 68.5 Å². The average Bonchev–Trinajstić information content (AvgIpc) is 1.81. The molecule has 0 aromatic rings. The van der Waals surface area contributed by atoms with Crippen molar-refractivity contribution in [2.45, 2.75) is 25.4 Å². The molecule has 0 aromatic heterocycles. The normalized spacial score (nSPS) is 14.4. The first-order chi connectivity index (χ1) is 5.72. The van der Waals surface area contributed by atoms with Gasteiger partial charge >= 0.3 is 18.6 Å². The molecular formula is C5H4F6O2. The van der Waals surface area contributed by atoms with E-state index in [-0.39, 0.29) is 0 Å². The molecule has 0 N–H and O–H groups in total. The first kappa shape index (κ1) is 12.0. The summed E-state index contributed by atoms with van der Waals surface area (Å²) in [5.74, 6) is -2.31. The zero-order valence-corrected chi connectivity index (χ0v) is 5.95. The highest BCUT2D eigenvalue weighted by Gasteiger charge is 2.35. The van der Waals surface area contributed by atoms with Crippen molar-refractivity contribution < 1.29 is 35.9 Å². The lowest BCUT2D eigenvalue weighted by molar-refractivity contribution is -0.197. The van der Waals surface area contributed by atoms with Crippen LogP contribution in [0.1, 0.15) is 6.42 Å². The van der Waals surface area contributed by atoms with Gasteiger partial charge in [0.2, 0.25) is 0 Å². The van der Waals surface area contributed by atoms with Crippen LogP contribution >= 0.6 is 0 Å². The molecule has 0 radical (unpaired) electrons. The third kappa shape index (κ3) is 6.23. The highest BCUT2D eigenvalue weighted by Crippen LogP contribution is 2.23. The number of carbonyl (C=O) groups is 1. The Bertz CT molecular complexity index is 176. The van der Waals surface area contributed by atoms with E-state index in [2.05, 4.69) is 4.74 Å². The third-order valence-electron chi connectivity index (χ3n) is 0.814. The molecule has 0 aliphatic rings. The number of hydrogen-bond donors (Lipinski definition) is 0. The summed E-state index contributed by atoms with van der Waals surface area (Å²) < 4.78 is 71.7. The van der Waals surface area contributed by atoms with E-state index < -0.39 is 31.3 Å². The SMILES string of the molecule is O=C(OC(F)CC(F)(F)F)C(F)F. The van der Waals surface area contributed by atoms with Gasteiger partial charge in [0.1, 0.15) is 6.42 Å². The molecule has 0 fully saturated rings. The molecule has 0 rings (SSSR count). The molecule has 1 atom stereocenters. The van der Waals surface area contributed by atoms with Gasteiger partial charge in [-0.25, -0.2) is 9.18 Å². The number of ether oxygens (including phenoxy) is 1. The lowest BCUT2D eigenvalue weighted by Crippen LogP contribution is -2.24. The Morgan fingerprint density at radius 3 is 2.00 bits per heavy atom. The highest BCUT2D eigenvalue weighted by molar-refractivity contribution is 5.72. The standard InChI is InChI=1S/C5H4F6O2/c6-2(1-5(9,10)11)13-4(12)3(7)8/h2-3H,1H2. The van der Waals surface area contributed by atoms with Gasteiger partial charge in [0, 0.05) is 0 Å². The van der Waals surface area contributed by atoms with E-state index in [0.29, 0.717) is 0 Å². The zero-order chi connectivity index (χ0) is 10.6. The van der Waals surface area contributed by atoms with Gasteiger partial charge in [0.15, 0.2) is 0 Å². The topological polar surface area (TPSA) is 26.3 Å². The molecule has 13 heavy (non-hydrogen) atoms. The monoisotopic (exact) mass is 210 g/mol. The van der Waals surface area contributed by atoms with Gasteiger partial charge in [-0.3, -0.25) is 0 Å². The maximum Gasteiger partial charge on any atom is 0.395 e. The summed E-state index contributed by atoms with van der Waals surface area (Å²) in [4.78, 5) is 9.86. The van der Waals surface area contributed by atoms with Crippen LogP contribution in [0.3, 0.4) is 0 Å². The van der Waals surface area contributed by atoms with E-state index in [1.54, 1.807) is 0 Å². The second-order valence-corrected chi connectivity index (χ2v) is 1.97. The Balaban J connectivity index is 3.88. The van der Waals surface area contributed by atoms with Crippen molar-refractivity contribution in [3.63, 3.8) is 0 Å². The minimum atomic E-state index is -4.90. The van der Waals surface area contributed by atoms with Crippen molar-refractivity contribution >= 4 is 5.97 Å². The van der Waals surface area contributed by atoms with Gasteiger partial charge in [0.05, 0.1) is 0 Å². The quantitative estimate of drug-likeness (QED) is 0.526. The predicted molar refractivity (Wildman–Crippen MR) is 27.7 cm³/mol. The van der Waals surface area contributed by atoms with Crippen molar-refractivity contribution in [1.29, 1.82) is 0 Å². The number of carbonyl (C=O) groups excluding carboxylic acids is 1. The maximum absolute atomic E-state index is 12.0. The second kappa shape index (κ2) is 4.33. The number of hydrogen-bond acceptors (Lipinski definition) is 2. The van der Waals surface area contributed by atoms with Gasteiger partial charge in [-0.05, 0) is 0 Å². The van der Waals surface area contributed by atoms with Gasteiger partial charge in [0.25, 0.3) is 6.36 Å². The van der Waals surface area contributed by atoms with Gasteiger partial charge in [-0.2, -0.15) is 22.0 Å². The van der Waals surface area contributed by atoms with Crippen LogP contribution in [-0.2, 0) is 9.53 Å². The van der Waals surface area contributed by atoms with Crippen molar-refractivity contribution in [3.8, 4) is 0 Å². The van der Waals surface area contributed by atoms with Crippen LogP contribution in [0.5, 0.6) is 0 Å². The summed E-state index contributed by atoms with van der Waals surface area (Å²) in [6, 6.07) is 0. The highest BCUT2D eigenvalue weighted by atomic mass is 19.4. The van der Waals surface area contributed by atoms with Crippen LogP contribution in [0.25, 0.3) is 0 Å². The van der Waals surface area contributed by atoms with Crippen LogP contribution < -0.4 is 0 Å². The molecule has 0 amide bonds. The van der Waals surface area contributed by atoms with Crippen molar-refractivity contribution in [3.05, 3.63) is 0 Å². The average molecular weight is 210 g/mol. The lowest BCUT2D eigenvalue weighted by Gasteiger charge is -2.11. The second-order valence-electron chi connectivity index (χ2n) is 1.97. The van der Waals surface area contributed by atoms with Crippen LogP contribution in [0.15, 0.2) is 0 Å². The molecule has 0 saturated heterocycles. The zero-order valence-electron chi connectivity index (χ0n) is 5.95. The fourth-order valence-electron chi connectivity index (χ4n) is 0.401. The molecule has 0 aromatic carbocycles. The molecule has 0 aliphatic carbocycles. The van der Waals surface area contributed by atoms with Crippen molar-refractivity contribution in [2.75, 3.05) is 0 Å². The van der Waals surface area contributed by atoms with Crippen LogP contribution in [0, 0.1) is 0 Å².